The molecule has 0 bridgehead atoms. The molecule has 2 aromatic heterocycles. The van der Waals surface area contributed by atoms with Gasteiger partial charge in [-0.1, -0.05) is 6.07 Å². The summed E-state index contributed by atoms with van der Waals surface area (Å²) in [5.74, 6) is -3.44. The first kappa shape index (κ1) is 25.5. The molecule has 4 aromatic rings. The summed E-state index contributed by atoms with van der Waals surface area (Å²) in [7, 11) is 0. The zero-order valence-electron chi connectivity index (χ0n) is 19.3. The van der Waals surface area contributed by atoms with Gasteiger partial charge in [0.15, 0.2) is 11.5 Å². The Balaban J connectivity index is 1.59. The molecule has 0 aliphatic rings. The van der Waals surface area contributed by atoms with E-state index in [4.69, 9.17) is 0 Å². The SMILES string of the molecule is CC(=O)Nc1cn2nc(-c3c(C)ccc(C(=O)NCc4cc(OC(F)(F)F)ccc4F)c3F)ccc2n1. The molecule has 0 spiro atoms. The number of aromatic nitrogens is 3. The predicted octanol–water partition coefficient (Wildman–Crippen LogP) is 4.77. The normalized spacial score (nSPS) is 11.4. The van der Waals surface area contributed by atoms with Crippen molar-refractivity contribution in [2.24, 2.45) is 0 Å². The molecule has 0 aliphatic carbocycles. The second-order valence-corrected chi connectivity index (χ2v) is 7.93. The van der Waals surface area contributed by atoms with Gasteiger partial charge in [-0.15, -0.1) is 13.2 Å². The molecule has 0 atom stereocenters. The molecule has 192 valence electrons. The minimum atomic E-state index is -4.97. The third-order valence-corrected chi connectivity index (χ3v) is 5.17. The smallest absolute Gasteiger partial charge is 0.406 e. The number of anilines is 1. The second kappa shape index (κ2) is 9.84. The molecule has 2 N–H and O–H groups in total. The molecule has 13 heteroatoms. The molecule has 0 unspecified atom stereocenters. The zero-order chi connectivity index (χ0) is 26.9. The van der Waals surface area contributed by atoms with E-state index in [1.165, 1.54) is 35.8 Å². The van der Waals surface area contributed by atoms with E-state index in [-0.39, 0.29) is 34.1 Å². The van der Waals surface area contributed by atoms with E-state index in [1.54, 1.807) is 13.0 Å². The van der Waals surface area contributed by atoms with Gasteiger partial charge >= 0.3 is 6.36 Å². The van der Waals surface area contributed by atoms with Crippen LogP contribution in [0.3, 0.4) is 0 Å². The summed E-state index contributed by atoms with van der Waals surface area (Å²) in [5, 5.41) is 9.14. The molecule has 8 nitrogen and oxygen atoms in total. The predicted molar refractivity (Wildman–Crippen MR) is 122 cm³/mol. The number of carbonyl (C=O) groups is 2. The maximum atomic E-state index is 15.5. The van der Waals surface area contributed by atoms with Crippen LogP contribution >= 0.6 is 0 Å². The number of fused-ring (bicyclic) bond motifs is 1. The number of rotatable bonds is 6. The van der Waals surface area contributed by atoms with Crippen molar-refractivity contribution in [2.75, 3.05) is 5.32 Å². The van der Waals surface area contributed by atoms with Crippen LogP contribution in [0.4, 0.5) is 27.8 Å². The van der Waals surface area contributed by atoms with Gasteiger partial charge in [0.2, 0.25) is 5.91 Å². The number of imidazole rings is 1. The minimum Gasteiger partial charge on any atom is -0.406 e. The molecule has 0 saturated carbocycles. The third-order valence-electron chi connectivity index (χ3n) is 5.17. The van der Waals surface area contributed by atoms with E-state index in [0.29, 0.717) is 11.2 Å². The highest BCUT2D eigenvalue weighted by Gasteiger charge is 2.31. The second-order valence-electron chi connectivity index (χ2n) is 7.93. The number of carbonyl (C=O) groups excluding carboxylic acids is 2. The highest BCUT2D eigenvalue weighted by Crippen LogP contribution is 2.28. The van der Waals surface area contributed by atoms with E-state index < -0.39 is 36.2 Å². The summed E-state index contributed by atoms with van der Waals surface area (Å²) in [6.07, 6.45) is -3.53. The van der Waals surface area contributed by atoms with Crippen LogP contribution in [-0.2, 0) is 11.3 Å². The van der Waals surface area contributed by atoms with Gasteiger partial charge in [-0.3, -0.25) is 9.59 Å². The molecule has 0 saturated heterocycles. The molecule has 0 aliphatic heterocycles. The fourth-order valence-corrected chi connectivity index (χ4v) is 3.57. The van der Waals surface area contributed by atoms with E-state index in [0.717, 1.165) is 18.2 Å². The van der Waals surface area contributed by atoms with E-state index in [2.05, 4.69) is 25.5 Å². The molecule has 2 amide bonds. The number of hydrogen-bond donors (Lipinski definition) is 2. The first-order valence-electron chi connectivity index (χ1n) is 10.7. The number of nitrogens with one attached hydrogen (secondary N) is 2. The Morgan fingerprint density at radius 1 is 1.08 bits per heavy atom. The molecule has 4 rings (SSSR count). The standard InChI is InChI=1S/C24H18F5N5O3/c1-12-3-5-16(23(36)30-10-14-9-15(4-6-17(14)25)37-24(27,28)29)22(26)21(12)18-7-8-20-32-19(31-13(2)35)11-34(20)33-18/h3-9,11H,10H2,1-2H3,(H,30,36)(H,31,35). The first-order chi connectivity index (χ1) is 17.4. The van der Waals surface area contributed by atoms with Crippen molar-refractivity contribution in [1.29, 1.82) is 0 Å². The van der Waals surface area contributed by atoms with Gasteiger partial charge in [-0.2, -0.15) is 5.10 Å². The van der Waals surface area contributed by atoms with Crippen molar-refractivity contribution in [2.45, 2.75) is 26.8 Å². The van der Waals surface area contributed by atoms with Gasteiger partial charge in [0.1, 0.15) is 17.4 Å². The van der Waals surface area contributed by atoms with E-state index in [1.807, 2.05) is 0 Å². The van der Waals surface area contributed by atoms with Crippen LogP contribution in [-0.4, -0.2) is 32.8 Å². The van der Waals surface area contributed by atoms with E-state index >= 15 is 4.39 Å². The molecular formula is C24H18F5N5O3. The van der Waals surface area contributed by atoms with Crippen LogP contribution in [0.2, 0.25) is 0 Å². The first-order valence-corrected chi connectivity index (χ1v) is 10.7. The number of halogens is 5. The number of benzene rings is 2. The molecule has 2 aromatic carbocycles. The highest BCUT2D eigenvalue weighted by atomic mass is 19.4. The molecule has 0 fully saturated rings. The summed E-state index contributed by atoms with van der Waals surface area (Å²) in [6, 6.07) is 8.12. The lowest BCUT2D eigenvalue weighted by Crippen LogP contribution is -2.25. The van der Waals surface area contributed by atoms with Gasteiger partial charge in [-0.05, 0) is 48.9 Å². The maximum absolute atomic E-state index is 15.5. The van der Waals surface area contributed by atoms with Crippen molar-refractivity contribution in [1.82, 2.24) is 19.9 Å². The van der Waals surface area contributed by atoms with Crippen molar-refractivity contribution in [3.8, 4) is 17.0 Å². The van der Waals surface area contributed by atoms with Crippen molar-refractivity contribution < 1.29 is 36.3 Å². The van der Waals surface area contributed by atoms with Gasteiger partial charge in [0.25, 0.3) is 5.91 Å². The Labute approximate surface area is 206 Å². The van der Waals surface area contributed by atoms with Crippen molar-refractivity contribution >= 4 is 23.3 Å². The summed E-state index contributed by atoms with van der Waals surface area (Å²) >= 11 is 0. The number of hydrogen-bond acceptors (Lipinski definition) is 5. The average Bonchev–Trinajstić information content (AvgIpc) is 3.19. The van der Waals surface area contributed by atoms with Crippen LogP contribution in [0, 0.1) is 18.6 Å². The summed E-state index contributed by atoms with van der Waals surface area (Å²) in [6.45, 7) is 2.41. The molecular weight excluding hydrogens is 501 g/mol. The van der Waals surface area contributed by atoms with Crippen molar-refractivity contribution in [3.05, 3.63) is 77.0 Å². The number of alkyl halides is 3. The highest BCUT2D eigenvalue weighted by molar-refractivity contribution is 5.96. The monoisotopic (exact) mass is 519 g/mol. The fourth-order valence-electron chi connectivity index (χ4n) is 3.57. The third kappa shape index (κ3) is 5.82. The lowest BCUT2D eigenvalue weighted by atomic mass is 10.0. The summed E-state index contributed by atoms with van der Waals surface area (Å²) in [5.41, 5.74) is 0.382. The number of nitrogens with zero attached hydrogens (tertiary/aromatic N) is 3. The lowest BCUT2D eigenvalue weighted by molar-refractivity contribution is -0.274. The lowest BCUT2D eigenvalue weighted by Gasteiger charge is -2.13. The quantitative estimate of drug-likeness (QED) is 0.358. The zero-order valence-corrected chi connectivity index (χ0v) is 19.3. The molecule has 37 heavy (non-hydrogen) atoms. The van der Waals surface area contributed by atoms with Crippen molar-refractivity contribution in [3.63, 3.8) is 0 Å². The Hall–Kier alpha value is -4.55. The maximum Gasteiger partial charge on any atom is 0.573 e. The van der Waals surface area contributed by atoms with Crippen LogP contribution in [0.25, 0.3) is 16.9 Å². The molecule has 2 heterocycles. The van der Waals surface area contributed by atoms with Crippen LogP contribution in [0.5, 0.6) is 5.75 Å². The fraction of sp³-hybridized carbons (Fsp3) is 0.167. The van der Waals surface area contributed by atoms with Gasteiger partial charge < -0.3 is 15.4 Å². The number of amides is 2. The summed E-state index contributed by atoms with van der Waals surface area (Å²) in [4.78, 5) is 28.2. The van der Waals surface area contributed by atoms with E-state index in [9.17, 15) is 27.2 Å². The van der Waals surface area contributed by atoms with Gasteiger partial charge in [-0.25, -0.2) is 18.3 Å². The Morgan fingerprint density at radius 2 is 1.84 bits per heavy atom. The minimum absolute atomic E-state index is 0.0242. The number of aryl methyl sites for hydroxylation is 1. The Bertz CT molecular complexity index is 1520. The summed E-state index contributed by atoms with van der Waals surface area (Å²) < 4.78 is 72.0. The topological polar surface area (TPSA) is 97.6 Å². The Morgan fingerprint density at radius 3 is 2.54 bits per heavy atom. The molecule has 0 radical (unpaired) electrons. The number of ether oxygens (including phenoxy) is 1. The largest absolute Gasteiger partial charge is 0.573 e. The average molecular weight is 519 g/mol. The van der Waals surface area contributed by atoms with Crippen LogP contribution in [0.1, 0.15) is 28.4 Å². The van der Waals surface area contributed by atoms with Gasteiger partial charge in [0, 0.05) is 24.6 Å². The van der Waals surface area contributed by atoms with Gasteiger partial charge in [0.05, 0.1) is 17.5 Å². The van der Waals surface area contributed by atoms with Crippen LogP contribution in [0.15, 0.2) is 48.7 Å². The van der Waals surface area contributed by atoms with Crippen LogP contribution < -0.4 is 15.4 Å². The Kier molecular flexibility index (Phi) is 6.79.